The van der Waals surface area contributed by atoms with Crippen molar-refractivity contribution in [3.8, 4) is 5.75 Å². The number of hydrogen-bond acceptors (Lipinski definition) is 5. The molecule has 0 saturated heterocycles. The summed E-state index contributed by atoms with van der Waals surface area (Å²) < 4.78 is 10.1. The van der Waals surface area contributed by atoms with Gasteiger partial charge in [-0.05, 0) is 24.6 Å². The summed E-state index contributed by atoms with van der Waals surface area (Å²) in [5.74, 6) is -0.286. The first-order chi connectivity index (χ1) is 12.1. The van der Waals surface area contributed by atoms with Gasteiger partial charge in [-0.2, -0.15) is 0 Å². The highest BCUT2D eigenvalue weighted by atomic mass is 16.7. The minimum atomic E-state index is -0.814. The molecule has 0 amide bonds. The number of fused-ring (bicyclic) bond motifs is 2. The first-order valence-electron chi connectivity index (χ1n) is 8.29. The molecule has 0 aliphatic heterocycles. The van der Waals surface area contributed by atoms with Crippen molar-refractivity contribution in [2.24, 2.45) is 0 Å². The highest BCUT2D eigenvalue weighted by Gasteiger charge is 2.29. The Kier molecular flexibility index (Phi) is 4.93. The van der Waals surface area contributed by atoms with Gasteiger partial charge in [-0.25, -0.2) is 4.79 Å². The maximum absolute atomic E-state index is 12.6. The minimum absolute atomic E-state index is 0.180. The molecule has 0 spiro atoms. The van der Waals surface area contributed by atoms with Crippen molar-refractivity contribution in [2.45, 2.75) is 26.2 Å². The Bertz CT molecular complexity index is 838. The van der Waals surface area contributed by atoms with Gasteiger partial charge in [-0.3, -0.25) is 9.59 Å². The Labute approximate surface area is 145 Å². The van der Waals surface area contributed by atoms with Crippen LogP contribution < -0.4 is 4.74 Å². The zero-order valence-electron chi connectivity index (χ0n) is 13.9. The smallest absolute Gasteiger partial charge is 0.434 e. The number of carbonyl (C=O) groups is 3. The topological polar surface area (TPSA) is 69.7 Å². The van der Waals surface area contributed by atoms with Gasteiger partial charge in [0, 0.05) is 22.3 Å². The quantitative estimate of drug-likeness (QED) is 0.397. The molecule has 128 valence electrons. The zero-order valence-corrected chi connectivity index (χ0v) is 13.9. The molecule has 0 radical (unpaired) electrons. The van der Waals surface area contributed by atoms with E-state index in [2.05, 4.69) is 6.92 Å². The Balaban J connectivity index is 1.77. The third-order valence-electron chi connectivity index (χ3n) is 4.07. The number of hydrogen-bond donors (Lipinski definition) is 0. The second-order valence-corrected chi connectivity index (χ2v) is 5.82. The van der Waals surface area contributed by atoms with Crippen molar-refractivity contribution in [3.63, 3.8) is 0 Å². The lowest BCUT2D eigenvalue weighted by molar-refractivity contribution is 0.0961. The SMILES string of the molecule is CCCCCOC(=O)Oc1ccc2c(c1)C(=O)c1ccccc1C2=O. The van der Waals surface area contributed by atoms with E-state index in [0.717, 1.165) is 19.3 Å². The third-order valence-corrected chi connectivity index (χ3v) is 4.07. The van der Waals surface area contributed by atoms with Crippen LogP contribution in [0.25, 0.3) is 0 Å². The molecule has 5 heteroatoms. The Morgan fingerprint density at radius 3 is 2.20 bits per heavy atom. The highest BCUT2D eigenvalue weighted by Crippen LogP contribution is 2.29. The highest BCUT2D eigenvalue weighted by molar-refractivity contribution is 6.28. The summed E-state index contributed by atoms with van der Waals surface area (Å²) in [6.07, 6.45) is 1.97. The van der Waals surface area contributed by atoms with E-state index in [-0.39, 0.29) is 22.9 Å². The molecule has 1 aliphatic rings. The molecule has 5 nitrogen and oxygen atoms in total. The molecule has 2 aromatic carbocycles. The first kappa shape index (κ1) is 16.9. The van der Waals surface area contributed by atoms with Crippen LogP contribution in [0, 0.1) is 0 Å². The second kappa shape index (κ2) is 7.30. The predicted molar refractivity (Wildman–Crippen MR) is 91.3 cm³/mol. The summed E-state index contributed by atoms with van der Waals surface area (Å²) in [5.41, 5.74) is 1.30. The molecule has 0 heterocycles. The van der Waals surface area contributed by atoms with Crippen molar-refractivity contribution < 1.29 is 23.9 Å². The van der Waals surface area contributed by atoms with Gasteiger partial charge in [0.25, 0.3) is 0 Å². The van der Waals surface area contributed by atoms with E-state index in [1.54, 1.807) is 24.3 Å². The molecule has 0 unspecified atom stereocenters. The van der Waals surface area contributed by atoms with Gasteiger partial charge in [-0.1, -0.05) is 44.0 Å². The molecular formula is C20H18O5. The number of benzene rings is 2. The summed E-state index contributed by atoms with van der Waals surface area (Å²) in [7, 11) is 0. The molecule has 3 rings (SSSR count). The lowest BCUT2D eigenvalue weighted by atomic mass is 9.84. The monoisotopic (exact) mass is 338 g/mol. The fraction of sp³-hybridized carbons (Fsp3) is 0.250. The summed E-state index contributed by atoms with van der Waals surface area (Å²) in [6.45, 7) is 2.35. The molecule has 1 aliphatic carbocycles. The summed E-state index contributed by atoms with van der Waals surface area (Å²) >= 11 is 0. The van der Waals surface area contributed by atoms with Crippen LogP contribution in [0.1, 0.15) is 58.0 Å². The van der Waals surface area contributed by atoms with Crippen molar-refractivity contribution in [2.75, 3.05) is 6.61 Å². The van der Waals surface area contributed by atoms with Gasteiger partial charge in [0.15, 0.2) is 11.6 Å². The van der Waals surface area contributed by atoms with Gasteiger partial charge in [0.05, 0.1) is 6.61 Å². The summed E-state index contributed by atoms with van der Waals surface area (Å²) in [4.78, 5) is 36.8. The van der Waals surface area contributed by atoms with Crippen molar-refractivity contribution in [1.82, 2.24) is 0 Å². The van der Waals surface area contributed by atoms with Gasteiger partial charge >= 0.3 is 6.16 Å². The Morgan fingerprint density at radius 1 is 0.880 bits per heavy atom. The minimum Gasteiger partial charge on any atom is -0.434 e. The Morgan fingerprint density at radius 2 is 1.52 bits per heavy atom. The molecule has 0 saturated carbocycles. The lowest BCUT2D eigenvalue weighted by Gasteiger charge is -2.17. The van der Waals surface area contributed by atoms with Crippen molar-refractivity contribution >= 4 is 17.7 Å². The van der Waals surface area contributed by atoms with Crippen LogP contribution in [0.15, 0.2) is 42.5 Å². The number of rotatable bonds is 5. The number of unbranched alkanes of at least 4 members (excludes halogenated alkanes) is 2. The molecule has 0 fully saturated rings. The first-order valence-corrected chi connectivity index (χ1v) is 8.29. The predicted octanol–water partition coefficient (Wildman–Crippen LogP) is 4.17. The molecule has 25 heavy (non-hydrogen) atoms. The van der Waals surface area contributed by atoms with E-state index in [9.17, 15) is 14.4 Å². The van der Waals surface area contributed by atoms with Gasteiger partial charge in [0.1, 0.15) is 5.75 Å². The van der Waals surface area contributed by atoms with Crippen molar-refractivity contribution in [3.05, 3.63) is 64.7 Å². The fourth-order valence-corrected chi connectivity index (χ4v) is 2.78. The maximum atomic E-state index is 12.6. The lowest BCUT2D eigenvalue weighted by Crippen LogP contribution is -2.21. The zero-order chi connectivity index (χ0) is 17.8. The number of carbonyl (C=O) groups excluding carboxylic acids is 3. The fourth-order valence-electron chi connectivity index (χ4n) is 2.78. The van der Waals surface area contributed by atoms with E-state index < -0.39 is 6.16 Å². The molecular weight excluding hydrogens is 320 g/mol. The van der Waals surface area contributed by atoms with E-state index in [4.69, 9.17) is 9.47 Å². The molecule has 0 bridgehead atoms. The summed E-state index contributed by atoms with van der Waals surface area (Å²) in [6, 6.07) is 11.1. The average molecular weight is 338 g/mol. The number of ketones is 2. The normalized spacial score (nSPS) is 12.4. The molecule has 0 atom stereocenters. The van der Waals surface area contributed by atoms with E-state index >= 15 is 0 Å². The van der Waals surface area contributed by atoms with Crippen LogP contribution in [-0.4, -0.2) is 24.3 Å². The van der Waals surface area contributed by atoms with Crippen LogP contribution in [0.3, 0.4) is 0 Å². The van der Waals surface area contributed by atoms with Crippen LogP contribution >= 0.6 is 0 Å². The largest absolute Gasteiger partial charge is 0.513 e. The molecule has 0 N–H and O–H groups in total. The van der Waals surface area contributed by atoms with Crippen LogP contribution in [-0.2, 0) is 4.74 Å². The number of ether oxygens (including phenoxy) is 2. The van der Waals surface area contributed by atoms with Crippen LogP contribution in [0.2, 0.25) is 0 Å². The standard InChI is InChI=1S/C20H18O5/c1-2-3-6-11-24-20(23)25-13-9-10-16-17(12-13)19(22)15-8-5-4-7-14(15)18(16)21/h4-5,7-10,12H,2-3,6,11H2,1H3. The average Bonchev–Trinajstić information content (AvgIpc) is 2.63. The van der Waals surface area contributed by atoms with Crippen molar-refractivity contribution in [1.29, 1.82) is 0 Å². The van der Waals surface area contributed by atoms with E-state index in [1.165, 1.54) is 18.2 Å². The van der Waals surface area contributed by atoms with Gasteiger partial charge in [0.2, 0.25) is 0 Å². The second-order valence-electron chi connectivity index (χ2n) is 5.82. The van der Waals surface area contributed by atoms with Gasteiger partial charge in [-0.15, -0.1) is 0 Å². The maximum Gasteiger partial charge on any atom is 0.513 e. The third kappa shape index (κ3) is 3.45. The molecule has 0 aromatic heterocycles. The summed E-state index contributed by atoms with van der Waals surface area (Å²) in [5, 5.41) is 0. The van der Waals surface area contributed by atoms with E-state index in [0.29, 0.717) is 23.3 Å². The molecule has 2 aromatic rings. The van der Waals surface area contributed by atoms with Crippen LogP contribution in [0.5, 0.6) is 5.75 Å². The van der Waals surface area contributed by atoms with Crippen LogP contribution in [0.4, 0.5) is 4.79 Å². The van der Waals surface area contributed by atoms with E-state index in [1.807, 2.05) is 0 Å². The Hall–Kier alpha value is -2.95. The van der Waals surface area contributed by atoms with Gasteiger partial charge < -0.3 is 9.47 Å².